The van der Waals surface area contributed by atoms with E-state index < -0.39 is 42.2 Å². The molecule has 66 heavy (non-hydrogen) atoms. The first kappa shape index (κ1) is 56.3. The molecule has 0 bridgehead atoms. The summed E-state index contributed by atoms with van der Waals surface area (Å²) in [5.41, 5.74) is 0.755. The number of ketones is 2. The van der Waals surface area contributed by atoms with Gasteiger partial charge in [0.2, 0.25) is 29.5 Å². The molecule has 1 aromatic rings. The van der Waals surface area contributed by atoms with Crippen LogP contribution in [0.3, 0.4) is 0 Å². The molecule has 0 aromatic heterocycles. The zero-order valence-electron chi connectivity index (χ0n) is 42.5. The highest BCUT2D eigenvalue weighted by atomic mass is 16.5. The van der Waals surface area contributed by atoms with Crippen LogP contribution in [0, 0.1) is 41.4 Å². The van der Waals surface area contributed by atoms with E-state index >= 15 is 0 Å². The second-order valence-electron chi connectivity index (χ2n) is 20.1. The lowest BCUT2D eigenvalue weighted by molar-refractivity contribution is -0.149. The Morgan fingerprint density at radius 2 is 1.47 bits per heavy atom. The number of amides is 5. The average molecular weight is 925 g/mol. The third kappa shape index (κ3) is 14.5. The second-order valence-corrected chi connectivity index (χ2v) is 20.1. The summed E-state index contributed by atoms with van der Waals surface area (Å²) >= 11 is 0. The van der Waals surface area contributed by atoms with Gasteiger partial charge in [0.05, 0.1) is 42.9 Å². The molecule has 2 heterocycles. The summed E-state index contributed by atoms with van der Waals surface area (Å²) in [6.45, 7) is 18.0. The Morgan fingerprint density at radius 1 is 0.818 bits per heavy atom. The topological polar surface area (TPSA) is 171 Å². The normalized spacial score (nSPS) is 20.7. The second kappa shape index (κ2) is 26.5. The van der Waals surface area contributed by atoms with Crippen LogP contribution in [0.25, 0.3) is 0 Å². The summed E-state index contributed by atoms with van der Waals surface area (Å²) in [6, 6.07) is 7.72. The molecule has 5 amide bonds. The number of likely N-dealkylation sites (tertiary alicyclic amines) is 2. The number of rotatable bonds is 28. The number of nitrogens with zero attached hydrogens (tertiary/aromatic N) is 4. The summed E-state index contributed by atoms with van der Waals surface area (Å²) in [6.07, 6.45) is 2.47. The SMILES string of the molecule is CC[C@H](C)[C@@H]([C@@H](CC(=O)N1CCCC1[C@H](OC)[C@@H](C)C(=O)C[C@H](C)[C@@H](O)c1ccccc1)OC)N(C)C(=O)[C@@H](CC(=O)[C@H](C(C)C)N(C)C(=O)CCCCCN1C(=O)CC(C)C1=O)C(C)C. The minimum absolute atomic E-state index is 0.00000568. The van der Waals surface area contributed by atoms with E-state index in [1.54, 1.807) is 45.0 Å². The molecule has 0 aliphatic carbocycles. The zero-order chi connectivity index (χ0) is 49.6. The van der Waals surface area contributed by atoms with Gasteiger partial charge in [0.25, 0.3) is 0 Å². The summed E-state index contributed by atoms with van der Waals surface area (Å²) in [4.78, 5) is 101. The van der Waals surface area contributed by atoms with Crippen molar-refractivity contribution in [3.8, 4) is 0 Å². The summed E-state index contributed by atoms with van der Waals surface area (Å²) in [5.74, 6) is -3.38. The van der Waals surface area contributed by atoms with Crippen LogP contribution >= 0.6 is 0 Å². The minimum atomic E-state index is -0.791. The number of aliphatic hydroxyl groups is 1. The van der Waals surface area contributed by atoms with Crippen molar-refractivity contribution >= 4 is 41.1 Å². The Hall–Kier alpha value is -4.01. The van der Waals surface area contributed by atoms with E-state index in [1.807, 2.05) is 85.7 Å². The lowest BCUT2D eigenvalue weighted by Gasteiger charge is -2.41. The smallest absolute Gasteiger partial charge is 0.232 e. The van der Waals surface area contributed by atoms with Gasteiger partial charge in [0.15, 0.2) is 5.78 Å². The predicted molar refractivity (Wildman–Crippen MR) is 255 cm³/mol. The molecular weight excluding hydrogens is 841 g/mol. The van der Waals surface area contributed by atoms with Gasteiger partial charge in [-0.2, -0.15) is 0 Å². The minimum Gasteiger partial charge on any atom is -0.388 e. The number of likely N-dealkylation sites (N-methyl/N-ethyl adjacent to an activating group) is 2. The van der Waals surface area contributed by atoms with Crippen LogP contribution in [0.4, 0.5) is 0 Å². The van der Waals surface area contributed by atoms with E-state index in [9.17, 15) is 38.7 Å². The lowest BCUT2D eigenvalue weighted by Crippen LogP contribution is -2.54. The van der Waals surface area contributed by atoms with Gasteiger partial charge < -0.3 is 29.3 Å². The van der Waals surface area contributed by atoms with Crippen molar-refractivity contribution in [1.82, 2.24) is 19.6 Å². The number of methoxy groups -OCH3 is 2. The average Bonchev–Trinajstić information content (AvgIpc) is 3.86. The fourth-order valence-corrected chi connectivity index (χ4v) is 10.3. The van der Waals surface area contributed by atoms with Crippen molar-refractivity contribution in [2.45, 2.75) is 169 Å². The molecule has 1 N–H and O–H groups in total. The molecule has 14 nitrogen and oxygen atoms in total. The van der Waals surface area contributed by atoms with Gasteiger partial charge in [-0.05, 0) is 54.9 Å². The Kier molecular flexibility index (Phi) is 22.6. The molecule has 2 aliphatic heterocycles. The summed E-state index contributed by atoms with van der Waals surface area (Å²) in [5, 5.41) is 11.0. The van der Waals surface area contributed by atoms with Crippen LogP contribution in [-0.4, -0.2) is 138 Å². The van der Waals surface area contributed by atoms with Crippen molar-refractivity contribution in [3.63, 3.8) is 0 Å². The Balaban J connectivity index is 1.70. The third-order valence-corrected chi connectivity index (χ3v) is 14.6. The monoisotopic (exact) mass is 925 g/mol. The molecule has 2 aliphatic rings. The molecule has 14 heteroatoms. The molecule has 0 spiro atoms. The molecule has 372 valence electrons. The number of carbonyl (C=O) groups excluding carboxylic acids is 7. The summed E-state index contributed by atoms with van der Waals surface area (Å²) in [7, 11) is 6.49. The fraction of sp³-hybridized carbons (Fsp3) is 0.750. The van der Waals surface area contributed by atoms with Crippen LogP contribution in [0.1, 0.15) is 145 Å². The molecule has 11 atom stereocenters. The van der Waals surface area contributed by atoms with Gasteiger partial charge in [-0.1, -0.05) is 105 Å². The van der Waals surface area contributed by atoms with E-state index in [1.165, 1.54) is 9.80 Å². The number of ether oxygens (including phenoxy) is 2. The van der Waals surface area contributed by atoms with Gasteiger partial charge in [-0.25, -0.2) is 0 Å². The van der Waals surface area contributed by atoms with E-state index in [-0.39, 0.29) is 109 Å². The van der Waals surface area contributed by atoms with Crippen LogP contribution in [0.5, 0.6) is 0 Å². The first-order valence-corrected chi connectivity index (χ1v) is 24.6. The number of imide groups is 1. The maximum absolute atomic E-state index is 14.6. The number of aliphatic hydroxyl groups excluding tert-OH is 1. The maximum Gasteiger partial charge on any atom is 0.232 e. The van der Waals surface area contributed by atoms with Crippen molar-refractivity contribution < 1.29 is 48.1 Å². The van der Waals surface area contributed by atoms with Crippen molar-refractivity contribution in [2.75, 3.05) is 41.4 Å². The molecule has 2 unspecified atom stereocenters. The Bertz CT molecular complexity index is 1770. The van der Waals surface area contributed by atoms with Gasteiger partial charge in [0, 0.05) is 84.8 Å². The number of hydrogen-bond donors (Lipinski definition) is 1. The van der Waals surface area contributed by atoms with Crippen molar-refractivity contribution in [3.05, 3.63) is 35.9 Å². The highest BCUT2D eigenvalue weighted by molar-refractivity contribution is 6.03. The third-order valence-electron chi connectivity index (χ3n) is 14.6. The van der Waals surface area contributed by atoms with Gasteiger partial charge >= 0.3 is 0 Å². The molecule has 2 fully saturated rings. The predicted octanol–water partition coefficient (Wildman–Crippen LogP) is 6.91. The Labute approximate surface area is 395 Å². The van der Waals surface area contributed by atoms with Crippen LogP contribution < -0.4 is 0 Å². The summed E-state index contributed by atoms with van der Waals surface area (Å²) < 4.78 is 12.1. The first-order valence-electron chi connectivity index (χ1n) is 24.6. The largest absolute Gasteiger partial charge is 0.388 e. The molecule has 1 aromatic carbocycles. The maximum atomic E-state index is 14.6. The van der Waals surface area contributed by atoms with Gasteiger partial charge in [-0.15, -0.1) is 0 Å². The highest BCUT2D eigenvalue weighted by Crippen LogP contribution is 2.33. The van der Waals surface area contributed by atoms with E-state index in [2.05, 4.69) is 0 Å². The zero-order valence-corrected chi connectivity index (χ0v) is 42.5. The molecule has 2 saturated heterocycles. The van der Waals surface area contributed by atoms with Crippen LogP contribution in [-0.2, 0) is 43.0 Å². The number of Topliss-reactive ketones (excluding diaryl/α,β-unsaturated/α-hetero) is 2. The Morgan fingerprint density at radius 3 is 2.02 bits per heavy atom. The lowest BCUT2D eigenvalue weighted by atomic mass is 9.83. The van der Waals surface area contributed by atoms with Gasteiger partial charge in [0.1, 0.15) is 5.78 Å². The number of unbranched alkanes of at least 4 members (excludes halogenated alkanes) is 2. The molecular formula is C52H84N4O10. The number of carbonyl (C=O) groups is 7. The fourth-order valence-electron chi connectivity index (χ4n) is 10.3. The van der Waals surface area contributed by atoms with Crippen LogP contribution in [0.15, 0.2) is 30.3 Å². The van der Waals surface area contributed by atoms with Crippen LogP contribution in [0.2, 0.25) is 0 Å². The van der Waals surface area contributed by atoms with E-state index in [0.29, 0.717) is 45.2 Å². The standard InChI is InChI=1S/C52H84N4O10/c1-14-34(6)48(43(65-12)31-46(61)55-27-21-24-40(55)50(66-13)37(9)41(57)28-35(7)49(62)38-22-17-15-18-23-38)54(11)52(64)39(32(2)3)30-42(58)47(33(4)5)53(10)44(59)25-19-16-20-26-56-45(60)29-36(8)51(56)63/h15,17-18,22-23,32-37,39-40,43,47-50,62H,14,16,19-21,24-31H2,1-13H3/t34-,35-,36?,37-,39-,40?,43+,47-,48-,49+,50+/m0/s1. The molecule has 3 rings (SSSR count). The molecule has 0 saturated carbocycles. The number of hydrogen-bond acceptors (Lipinski definition) is 10. The van der Waals surface area contributed by atoms with Gasteiger partial charge in [-0.3, -0.25) is 38.5 Å². The molecule has 0 radical (unpaired) electrons. The first-order chi connectivity index (χ1) is 31.1. The van der Waals surface area contributed by atoms with Crippen molar-refractivity contribution in [2.24, 2.45) is 41.4 Å². The highest BCUT2D eigenvalue weighted by Gasteiger charge is 2.44. The number of benzene rings is 1. The quantitative estimate of drug-likeness (QED) is 0.0689. The van der Waals surface area contributed by atoms with E-state index in [4.69, 9.17) is 9.47 Å². The van der Waals surface area contributed by atoms with E-state index in [0.717, 1.165) is 12.0 Å². The van der Waals surface area contributed by atoms with Crippen molar-refractivity contribution in [1.29, 1.82) is 0 Å².